The minimum atomic E-state index is -4.27. The second-order valence-corrected chi connectivity index (χ2v) is 2.44. The fourth-order valence-electron chi connectivity index (χ4n) is 0.639. The van der Waals surface area contributed by atoms with Crippen molar-refractivity contribution in [3.05, 3.63) is 34.9 Å². The van der Waals surface area contributed by atoms with Crippen molar-refractivity contribution in [1.29, 1.82) is 0 Å². The number of benzene rings is 1. The van der Waals surface area contributed by atoms with Crippen LogP contribution >= 0.6 is 11.6 Å². The van der Waals surface area contributed by atoms with Crippen LogP contribution in [0.3, 0.4) is 0 Å². The van der Waals surface area contributed by atoms with Gasteiger partial charge in [0.2, 0.25) is 0 Å². The van der Waals surface area contributed by atoms with Gasteiger partial charge in [-0.1, -0.05) is 11.6 Å². The van der Waals surface area contributed by atoms with Gasteiger partial charge in [-0.15, -0.1) is 0 Å². The van der Waals surface area contributed by atoms with Crippen molar-refractivity contribution in [2.24, 2.45) is 0 Å². The molecule has 0 aliphatic heterocycles. The van der Waals surface area contributed by atoms with Crippen molar-refractivity contribution in [2.45, 2.75) is 6.18 Å². The zero-order chi connectivity index (χ0) is 8.48. The number of halogens is 4. The average molecular weight is 189 g/mol. The Hall–Kier alpha value is -0.103. The fourth-order valence-corrected chi connectivity index (χ4v) is 0.765. The van der Waals surface area contributed by atoms with E-state index in [4.69, 9.17) is 11.6 Å². The maximum atomic E-state index is 11.9. The van der Waals surface area contributed by atoms with Crippen LogP contribution in [0, 0.1) is 0 Å². The summed E-state index contributed by atoms with van der Waals surface area (Å²) in [6, 6.07) is 4.32. The number of alkyl halides is 3. The first kappa shape index (κ1) is 11.9. The van der Waals surface area contributed by atoms with E-state index in [1.54, 1.807) is 0 Å². The van der Waals surface area contributed by atoms with Crippen molar-refractivity contribution >= 4 is 30.5 Å². The van der Waals surface area contributed by atoms with Crippen molar-refractivity contribution in [3.63, 3.8) is 0 Å². The molecule has 0 fully saturated rings. The van der Waals surface area contributed by atoms with E-state index >= 15 is 0 Å². The molecule has 0 nitrogen and oxygen atoms in total. The molecule has 0 N–H and O–H groups in total. The Morgan fingerprint density at radius 1 is 1.00 bits per heavy atom. The monoisotopic (exact) mass is 188 g/mol. The Morgan fingerprint density at radius 2 is 1.42 bits per heavy atom. The Morgan fingerprint density at radius 3 is 1.75 bits per heavy atom. The topological polar surface area (TPSA) is 0 Å². The van der Waals surface area contributed by atoms with Gasteiger partial charge < -0.3 is 0 Å². The van der Waals surface area contributed by atoms with E-state index in [1.165, 1.54) is 12.1 Å². The first-order valence-electron chi connectivity index (χ1n) is 2.83. The minimum absolute atomic E-state index is 0. The summed E-state index contributed by atoms with van der Waals surface area (Å²) >= 11 is 5.39. The predicted molar refractivity (Wildman–Crippen MR) is 43.6 cm³/mol. The van der Waals surface area contributed by atoms with E-state index in [-0.39, 0.29) is 18.9 Å². The van der Waals surface area contributed by atoms with Gasteiger partial charge in [-0.05, 0) is 24.3 Å². The van der Waals surface area contributed by atoms with Crippen LogP contribution in [0.1, 0.15) is 5.56 Å². The zero-order valence-corrected chi connectivity index (χ0v) is 6.08. The van der Waals surface area contributed by atoms with Gasteiger partial charge >= 0.3 is 25.0 Å². The third-order valence-electron chi connectivity index (χ3n) is 1.17. The van der Waals surface area contributed by atoms with E-state index in [1.807, 2.05) is 0 Å². The molecule has 1 rings (SSSR count). The van der Waals surface area contributed by atoms with Crippen molar-refractivity contribution in [1.82, 2.24) is 0 Å². The van der Waals surface area contributed by atoms with E-state index in [0.29, 0.717) is 5.02 Å². The SMILES string of the molecule is FC(F)(F)c1ccc(Cl)cc1.[LiH]. The third kappa shape index (κ3) is 3.10. The predicted octanol–water partition coefficient (Wildman–Crippen LogP) is 2.71. The van der Waals surface area contributed by atoms with Gasteiger partial charge in [0.05, 0.1) is 5.56 Å². The second-order valence-electron chi connectivity index (χ2n) is 2.00. The standard InChI is InChI=1S/C7H4ClF3.Li.H/c8-6-3-1-5(2-4-6)7(9,10)11;;/h1-4H;;. The van der Waals surface area contributed by atoms with Gasteiger partial charge in [0.1, 0.15) is 0 Å². The molecule has 12 heavy (non-hydrogen) atoms. The molecule has 0 amide bonds. The van der Waals surface area contributed by atoms with Crippen LogP contribution in [0.25, 0.3) is 0 Å². The van der Waals surface area contributed by atoms with Gasteiger partial charge in [0.15, 0.2) is 0 Å². The van der Waals surface area contributed by atoms with Crippen LogP contribution in [0.15, 0.2) is 24.3 Å². The number of rotatable bonds is 0. The van der Waals surface area contributed by atoms with Gasteiger partial charge in [0, 0.05) is 5.02 Å². The molecular weight excluding hydrogens is 183 g/mol. The van der Waals surface area contributed by atoms with Gasteiger partial charge in [-0.3, -0.25) is 0 Å². The summed E-state index contributed by atoms with van der Waals surface area (Å²) in [7, 11) is 0. The van der Waals surface area contributed by atoms with Crippen LogP contribution in [0.2, 0.25) is 5.02 Å². The molecule has 0 bridgehead atoms. The third-order valence-corrected chi connectivity index (χ3v) is 1.42. The summed E-state index contributed by atoms with van der Waals surface area (Å²) < 4.78 is 35.6. The molecule has 62 valence electrons. The van der Waals surface area contributed by atoms with Gasteiger partial charge in [-0.25, -0.2) is 0 Å². The molecule has 0 saturated carbocycles. The van der Waals surface area contributed by atoms with E-state index < -0.39 is 11.7 Å². The molecule has 0 aliphatic carbocycles. The fraction of sp³-hybridized carbons (Fsp3) is 0.143. The average Bonchev–Trinajstić information content (AvgIpc) is 1.86. The van der Waals surface area contributed by atoms with Crippen LogP contribution in [0.5, 0.6) is 0 Å². The summed E-state index contributed by atoms with van der Waals surface area (Å²) in [5.74, 6) is 0. The normalized spacial score (nSPS) is 10.7. The zero-order valence-electron chi connectivity index (χ0n) is 5.32. The van der Waals surface area contributed by atoms with Crippen molar-refractivity contribution in [3.8, 4) is 0 Å². The van der Waals surface area contributed by atoms with Crippen LogP contribution in [-0.4, -0.2) is 18.9 Å². The molecule has 0 unspecified atom stereocenters. The Balaban J connectivity index is 0.00000121. The molecule has 0 aliphatic rings. The van der Waals surface area contributed by atoms with Crippen molar-refractivity contribution < 1.29 is 13.2 Å². The first-order valence-corrected chi connectivity index (χ1v) is 3.21. The van der Waals surface area contributed by atoms with E-state index in [2.05, 4.69) is 0 Å². The Labute approximate surface area is 84.9 Å². The van der Waals surface area contributed by atoms with Gasteiger partial charge in [-0.2, -0.15) is 13.2 Å². The molecule has 1 aromatic rings. The number of hydrogen-bond acceptors (Lipinski definition) is 0. The molecule has 0 spiro atoms. The molecule has 0 atom stereocenters. The van der Waals surface area contributed by atoms with Crippen LogP contribution in [-0.2, 0) is 6.18 Å². The molecule has 0 heterocycles. The summed E-state index contributed by atoms with van der Waals surface area (Å²) in [5.41, 5.74) is -0.679. The second kappa shape index (κ2) is 4.22. The Bertz CT molecular complexity index is 242. The summed E-state index contributed by atoms with van der Waals surface area (Å²) in [5, 5.41) is 0.304. The van der Waals surface area contributed by atoms with Crippen LogP contribution < -0.4 is 0 Å². The number of hydrogen-bond donors (Lipinski definition) is 0. The molecule has 5 heteroatoms. The first-order chi connectivity index (χ1) is 5.00. The quantitative estimate of drug-likeness (QED) is 0.549. The summed E-state index contributed by atoms with van der Waals surface area (Å²) in [6.07, 6.45) is -4.27. The van der Waals surface area contributed by atoms with Crippen LogP contribution in [0.4, 0.5) is 13.2 Å². The summed E-state index contributed by atoms with van der Waals surface area (Å²) in [4.78, 5) is 0. The van der Waals surface area contributed by atoms with E-state index in [0.717, 1.165) is 12.1 Å². The van der Waals surface area contributed by atoms with E-state index in [9.17, 15) is 13.2 Å². The van der Waals surface area contributed by atoms with Crippen molar-refractivity contribution in [2.75, 3.05) is 0 Å². The molecule has 0 radical (unpaired) electrons. The molecule has 0 saturated heterocycles. The molecular formula is C7H5ClF3Li. The summed E-state index contributed by atoms with van der Waals surface area (Å²) in [6.45, 7) is 0. The Kier molecular flexibility index (Phi) is 4.19. The maximum absolute atomic E-state index is 11.9. The van der Waals surface area contributed by atoms with Gasteiger partial charge in [0.25, 0.3) is 0 Å². The molecule has 1 aromatic carbocycles. The molecule has 0 aromatic heterocycles.